The Bertz CT molecular complexity index is 1270. The van der Waals surface area contributed by atoms with Crippen LogP contribution in [-0.4, -0.2) is 41.1 Å². The van der Waals surface area contributed by atoms with Gasteiger partial charge in [-0.2, -0.15) is 0 Å². The van der Waals surface area contributed by atoms with Crippen molar-refractivity contribution in [2.45, 2.75) is 31.0 Å². The minimum atomic E-state index is -0.739. The average Bonchev–Trinajstić information content (AvgIpc) is 3.47. The molecule has 3 fully saturated rings. The summed E-state index contributed by atoms with van der Waals surface area (Å²) in [6, 6.07) is 9.69. The molecule has 36 heavy (non-hydrogen) atoms. The molecule has 2 bridgehead atoms. The number of hydrogen-bond acceptors (Lipinski definition) is 5. The normalized spacial score (nSPS) is 28.4. The molecular weight excluding hydrogens is 571 g/mol. The number of halogens is 3. The first-order chi connectivity index (χ1) is 17.1. The fraction of sp³-hybridized carbons (Fsp3) is 0.385. The lowest BCUT2D eigenvalue weighted by molar-refractivity contribution is -0.123. The van der Waals surface area contributed by atoms with Crippen LogP contribution < -0.4 is 10.2 Å². The molecule has 0 spiro atoms. The molecule has 2 saturated carbocycles. The maximum atomic E-state index is 13.2. The van der Waals surface area contributed by atoms with Gasteiger partial charge in [0.2, 0.25) is 11.8 Å². The fourth-order valence-corrected chi connectivity index (χ4v) is 7.02. The summed E-state index contributed by atoms with van der Waals surface area (Å²) < 4.78 is 6.12. The van der Waals surface area contributed by atoms with Gasteiger partial charge in [-0.15, -0.1) is 23.2 Å². The summed E-state index contributed by atoms with van der Waals surface area (Å²) >= 11 is 16.3. The van der Waals surface area contributed by atoms with E-state index in [1.165, 1.54) is 12.1 Å². The van der Waals surface area contributed by atoms with Crippen LogP contribution in [0.1, 0.15) is 27.9 Å². The third-order valence-electron chi connectivity index (χ3n) is 7.66. The maximum absolute atomic E-state index is 13.2. The van der Waals surface area contributed by atoms with Gasteiger partial charge in [-0.1, -0.05) is 22.0 Å². The van der Waals surface area contributed by atoms with Crippen LogP contribution in [0.5, 0.6) is 0 Å². The number of anilines is 2. The van der Waals surface area contributed by atoms with Crippen LogP contribution in [0.4, 0.5) is 11.4 Å². The topological polar surface area (TPSA) is 92.8 Å². The number of carbonyl (C=O) groups excluding carboxylic acids is 4. The Labute approximate surface area is 226 Å². The highest BCUT2D eigenvalue weighted by molar-refractivity contribution is 9.10. The van der Waals surface area contributed by atoms with Crippen LogP contribution in [0, 0.1) is 37.5 Å². The molecule has 1 saturated heterocycles. The van der Waals surface area contributed by atoms with Gasteiger partial charge in [0.05, 0.1) is 33.8 Å². The summed E-state index contributed by atoms with van der Waals surface area (Å²) in [5.74, 6) is -3.06. The van der Waals surface area contributed by atoms with Gasteiger partial charge >= 0.3 is 5.97 Å². The quantitative estimate of drug-likeness (QED) is 0.304. The molecule has 1 N–H and O–H groups in total. The third kappa shape index (κ3) is 4.03. The van der Waals surface area contributed by atoms with Crippen LogP contribution in [0.15, 0.2) is 40.9 Å². The SMILES string of the molecule is Cc1c(Br)ccc(NC(=O)COC(=O)c2cccc(N3C(=O)[C@@H]4[C@H]5C[C@@H]([C@H](Cl)[C@H]5Cl)[C@H]4C3=O)c2)c1C. The second kappa shape index (κ2) is 9.47. The van der Waals surface area contributed by atoms with E-state index in [4.69, 9.17) is 27.9 Å². The number of fused-ring (bicyclic) bond motifs is 5. The number of hydrogen-bond donors (Lipinski definition) is 1. The smallest absolute Gasteiger partial charge is 0.338 e. The second-order valence-corrected chi connectivity index (χ2v) is 11.4. The van der Waals surface area contributed by atoms with Crippen molar-refractivity contribution in [1.29, 1.82) is 0 Å². The molecule has 10 heteroatoms. The highest BCUT2D eigenvalue weighted by Crippen LogP contribution is 2.59. The summed E-state index contributed by atoms with van der Waals surface area (Å²) in [7, 11) is 0. The monoisotopic (exact) mass is 592 g/mol. The van der Waals surface area contributed by atoms with Crippen molar-refractivity contribution in [3.63, 3.8) is 0 Å². The Hall–Kier alpha value is -2.42. The number of benzene rings is 2. The van der Waals surface area contributed by atoms with Crippen LogP contribution in [0.25, 0.3) is 0 Å². The van der Waals surface area contributed by atoms with Gasteiger partial charge in [0, 0.05) is 10.2 Å². The van der Waals surface area contributed by atoms with Crippen molar-refractivity contribution in [3.05, 3.63) is 57.6 Å². The number of imide groups is 1. The minimum absolute atomic E-state index is 0.127. The lowest BCUT2D eigenvalue weighted by Crippen LogP contribution is -2.37. The number of esters is 1. The molecule has 2 aliphatic carbocycles. The van der Waals surface area contributed by atoms with Gasteiger partial charge < -0.3 is 10.1 Å². The van der Waals surface area contributed by atoms with Gasteiger partial charge in [-0.05, 0) is 73.6 Å². The molecule has 188 valence electrons. The van der Waals surface area contributed by atoms with E-state index in [1.807, 2.05) is 19.9 Å². The van der Waals surface area contributed by atoms with Gasteiger partial charge in [0.25, 0.3) is 5.91 Å². The molecule has 2 aromatic rings. The van der Waals surface area contributed by atoms with Gasteiger partial charge in [-0.25, -0.2) is 4.79 Å². The molecule has 0 unspecified atom stereocenters. The molecule has 0 aromatic heterocycles. The maximum Gasteiger partial charge on any atom is 0.338 e. The molecule has 6 atom stereocenters. The van der Waals surface area contributed by atoms with Gasteiger partial charge in [0.15, 0.2) is 6.61 Å². The molecule has 2 aromatic carbocycles. The molecule has 7 nitrogen and oxygen atoms in total. The predicted molar refractivity (Wildman–Crippen MR) is 139 cm³/mol. The summed E-state index contributed by atoms with van der Waals surface area (Å²) in [5.41, 5.74) is 2.93. The highest BCUT2D eigenvalue weighted by Gasteiger charge is 2.66. The number of carbonyl (C=O) groups is 4. The summed E-state index contributed by atoms with van der Waals surface area (Å²) in [6.07, 6.45) is 0.677. The van der Waals surface area contributed by atoms with Crippen molar-refractivity contribution in [3.8, 4) is 0 Å². The zero-order chi connectivity index (χ0) is 25.9. The van der Waals surface area contributed by atoms with Crippen LogP contribution in [0.2, 0.25) is 0 Å². The Balaban J connectivity index is 1.26. The van der Waals surface area contributed by atoms with E-state index >= 15 is 0 Å². The van der Waals surface area contributed by atoms with E-state index in [0.29, 0.717) is 12.1 Å². The largest absolute Gasteiger partial charge is 0.452 e. The van der Waals surface area contributed by atoms with Crippen molar-refractivity contribution >= 4 is 74.2 Å². The zero-order valence-electron chi connectivity index (χ0n) is 19.5. The van der Waals surface area contributed by atoms with Crippen LogP contribution in [0.3, 0.4) is 0 Å². The van der Waals surface area contributed by atoms with Crippen LogP contribution in [-0.2, 0) is 19.1 Å². The first kappa shape index (κ1) is 25.2. The van der Waals surface area contributed by atoms with E-state index in [9.17, 15) is 19.2 Å². The van der Waals surface area contributed by atoms with Gasteiger partial charge in [0.1, 0.15) is 0 Å². The predicted octanol–water partition coefficient (Wildman–Crippen LogP) is 4.83. The number of ether oxygens (including phenoxy) is 1. The van der Waals surface area contributed by atoms with E-state index in [1.54, 1.807) is 18.2 Å². The molecular formula is C26H23BrCl2N2O5. The van der Waals surface area contributed by atoms with Crippen molar-refractivity contribution in [2.75, 3.05) is 16.8 Å². The number of alkyl halides is 2. The number of nitrogens with one attached hydrogen (secondary N) is 1. The fourth-order valence-electron chi connectivity index (χ4n) is 5.70. The molecule has 1 aliphatic heterocycles. The summed E-state index contributed by atoms with van der Waals surface area (Å²) in [6.45, 7) is 3.33. The van der Waals surface area contributed by atoms with Crippen molar-refractivity contribution in [2.24, 2.45) is 23.7 Å². The first-order valence-corrected chi connectivity index (χ1v) is 13.3. The third-order valence-corrected chi connectivity index (χ3v) is 9.83. The standard InChI is InChI=1S/C26H23BrCl2N2O5/c1-11-12(2)18(7-6-17(11)27)30-19(32)10-36-26(35)13-4-3-5-14(8-13)31-24(33)20-15-9-16(21(20)25(31)34)23(29)22(15)28/h3-8,15-16,20-23H,9-10H2,1-2H3,(H,30,32)/t15-,16-,20-,21-,22+,23+/m1/s1. The Morgan fingerprint density at radius 1 is 1.03 bits per heavy atom. The van der Waals surface area contributed by atoms with Crippen LogP contribution >= 0.6 is 39.1 Å². The summed E-state index contributed by atoms with van der Waals surface area (Å²) in [4.78, 5) is 52.6. The lowest BCUT2D eigenvalue weighted by atomic mass is 9.80. The number of amides is 3. The molecule has 5 rings (SSSR count). The van der Waals surface area contributed by atoms with E-state index in [0.717, 1.165) is 20.5 Å². The zero-order valence-corrected chi connectivity index (χ0v) is 22.6. The van der Waals surface area contributed by atoms with Gasteiger partial charge in [-0.3, -0.25) is 19.3 Å². The van der Waals surface area contributed by atoms with Crippen molar-refractivity contribution < 1.29 is 23.9 Å². The first-order valence-electron chi connectivity index (χ1n) is 11.6. The van der Waals surface area contributed by atoms with E-state index in [-0.39, 0.29) is 45.7 Å². The summed E-state index contributed by atoms with van der Waals surface area (Å²) in [5, 5.41) is 2.06. The molecule has 3 amide bonds. The second-order valence-electron chi connectivity index (χ2n) is 9.54. The minimum Gasteiger partial charge on any atom is -0.452 e. The number of nitrogens with zero attached hydrogens (tertiary/aromatic N) is 1. The van der Waals surface area contributed by atoms with Crippen molar-refractivity contribution in [1.82, 2.24) is 0 Å². The Morgan fingerprint density at radius 3 is 2.31 bits per heavy atom. The molecule has 1 heterocycles. The Kier molecular flexibility index (Phi) is 6.64. The average molecular weight is 594 g/mol. The van der Waals surface area contributed by atoms with E-state index in [2.05, 4.69) is 21.2 Å². The lowest BCUT2D eigenvalue weighted by Gasteiger charge is -2.28. The molecule has 0 radical (unpaired) electrons. The Morgan fingerprint density at radius 2 is 1.67 bits per heavy atom. The van der Waals surface area contributed by atoms with E-state index < -0.39 is 30.3 Å². The molecule has 3 aliphatic rings. The highest BCUT2D eigenvalue weighted by atomic mass is 79.9. The number of rotatable bonds is 5.